The lowest BCUT2D eigenvalue weighted by molar-refractivity contribution is 1.18. The molecule has 0 aliphatic heterocycles. The minimum absolute atomic E-state index is 1.06. The molecule has 0 fully saturated rings. The summed E-state index contributed by atoms with van der Waals surface area (Å²) in [6.45, 7) is 10.3. The third kappa shape index (κ3) is 4.32. The number of hydrogen-bond donors (Lipinski definition) is 0. The van der Waals surface area contributed by atoms with E-state index in [2.05, 4.69) is 61.5 Å². The molecular weight excluding hydrogens is 252 g/mol. The van der Waals surface area contributed by atoms with Crippen molar-refractivity contribution in [3.8, 4) is 0 Å². The molecule has 0 N–H and O–H groups in total. The lowest BCUT2D eigenvalue weighted by Crippen LogP contribution is -1.90. The van der Waals surface area contributed by atoms with Gasteiger partial charge in [0, 0.05) is 0 Å². The Morgan fingerprint density at radius 2 is 1.33 bits per heavy atom. The summed E-state index contributed by atoms with van der Waals surface area (Å²) in [5, 5.41) is 0. The van der Waals surface area contributed by atoms with Gasteiger partial charge in [-0.25, -0.2) is 0 Å². The summed E-state index contributed by atoms with van der Waals surface area (Å²) >= 11 is 0. The second-order valence-electron chi connectivity index (χ2n) is 4.76. The zero-order valence-electron chi connectivity index (χ0n) is 14.1. The van der Waals surface area contributed by atoms with Crippen LogP contribution in [0.1, 0.15) is 51.3 Å². The van der Waals surface area contributed by atoms with Crippen molar-refractivity contribution >= 4 is 5.57 Å². The Hall–Kier alpha value is -1.82. The third-order valence-electron chi connectivity index (χ3n) is 3.54. The summed E-state index contributed by atoms with van der Waals surface area (Å²) in [4.78, 5) is 0. The van der Waals surface area contributed by atoms with E-state index < -0.39 is 0 Å². The fourth-order valence-corrected chi connectivity index (χ4v) is 2.64. The molecule has 0 nitrogen and oxygen atoms in total. The second kappa shape index (κ2) is 9.18. The van der Waals surface area contributed by atoms with E-state index in [1.807, 2.05) is 27.7 Å². The van der Waals surface area contributed by atoms with Crippen LogP contribution < -0.4 is 0 Å². The molecule has 0 heterocycles. The predicted molar refractivity (Wildman–Crippen MR) is 95.6 cm³/mol. The fourth-order valence-electron chi connectivity index (χ4n) is 2.64. The van der Waals surface area contributed by atoms with Gasteiger partial charge in [0.05, 0.1) is 0 Å². The average molecular weight is 280 g/mol. The molecule has 0 saturated carbocycles. The quantitative estimate of drug-likeness (QED) is 0.604. The maximum Gasteiger partial charge on any atom is -0.00202 e. The number of fused-ring (bicyclic) bond motifs is 1. The van der Waals surface area contributed by atoms with Gasteiger partial charge in [-0.3, -0.25) is 0 Å². The standard InChI is InChI=1S/C17H16.2C2H6/c1-13-11-15-9-5-6-10-16(15)17(13)12-14-7-3-2-4-8-14;2*1-2/h2-10H,11-12H2,1H3;2*1-2H3. The molecule has 0 atom stereocenters. The van der Waals surface area contributed by atoms with Crippen molar-refractivity contribution < 1.29 is 0 Å². The second-order valence-corrected chi connectivity index (χ2v) is 4.76. The zero-order chi connectivity index (χ0) is 15.7. The minimum Gasteiger partial charge on any atom is -0.0683 e. The van der Waals surface area contributed by atoms with Gasteiger partial charge < -0.3 is 0 Å². The van der Waals surface area contributed by atoms with Crippen LogP contribution in [0.25, 0.3) is 5.57 Å². The van der Waals surface area contributed by atoms with Crippen molar-refractivity contribution in [3.63, 3.8) is 0 Å². The normalized spacial score (nSPS) is 11.9. The first kappa shape index (κ1) is 17.2. The first-order valence-electron chi connectivity index (χ1n) is 8.15. The lowest BCUT2D eigenvalue weighted by atomic mass is 9.98. The Morgan fingerprint density at radius 3 is 2.00 bits per heavy atom. The van der Waals surface area contributed by atoms with Crippen molar-refractivity contribution in [2.45, 2.75) is 47.5 Å². The first-order chi connectivity index (χ1) is 10.3. The van der Waals surface area contributed by atoms with Crippen molar-refractivity contribution in [1.82, 2.24) is 0 Å². The Balaban J connectivity index is 0.000000510. The highest BCUT2D eigenvalue weighted by Gasteiger charge is 2.17. The highest BCUT2D eigenvalue weighted by atomic mass is 14.2. The molecule has 1 aliphatic carbocycles. The molecule has 0 amide bonds. The van der Waals surface area contributed by atoms with Crippen LogP contribution in [0.2, 0.25) is 0 Å². The van der Waals surface area contributed by atoms with Crippen molar-refractivity contribution in [2.24, 2.45) is 0 Å². The molecule has 0 heteroatoms. The van der Waals surface area contributed by atoms with Crippen LogP contribution in [0.4, 0.5) is 0 Å². The Labute approximate surface area is 130 Å². The van der Waals surface area contributed by atoms with Gasteiger partial charge >= 0.3 is 0 Å². The number of hydrogen-bond acceptors (Lipinski definition) is 0. The molecule has 0 spiro atoms. The lowest BCUT2D eigenvalue weighted by Gasteiger charge is -2.06. The molecular formula is C21H28. The molecule has 21 heavy (non-hydrogen) atoms. The summed E-state index contributed by atoms with van der Waals surface area (Å²) in [7, 11) is 0. The van der Waals surface area contributed by atoms with Crippen LogP contribution in [-0.4, -0.2) is 0 Å². The Kier molecular flexibility index (Phi) is 7.53. The van der Waals surface area contributed by atoms with Gasteiger partial charge in [0.2, 0.25) is 0 Å². The SMILES string of the molecule is CC.CC.CC1=C(Cc2ccccc2)c2ccccc2C1. The zero-order valence-corrected chi connectivity index (χ0v) is 14.1. The van der Waals surface area contributed by atoms with E-state index in [9.17, 15) is 0 Å². The van der Waals surface area contributed by atoms with Gasteiger partial charge in [0.25, 0.3) is 0 Å². The van der Waals surface area contributed by atoms with Crippen LogP contribution >= 0.6 is 0 Å². The van der Waals surface area contributed by atoms with Gasteiger partial charge in [-0.05, 0) is 42.0 Å². The van der Waals surface area contributed by atoms with E-state index in [-0.39, 0.29) is 0 Å². The predicted octanol–water partition coefficient (Wildman–Crippen LogP) is 6.31. The average Bonchev–Trinajstić information content (AvgIpc) is 2.88. The summed E-state index contributed by atoms with van der Waals surface area (Å²) in [6.07, 6.45) is 2.18. The molecule has 0 bridgehead atoms. The molecule has 0 unspecified atom stereocenters. The highest BCUT2D eigenvalue weighted by molar-refractivity contribution is 5.77. The van der Waals surface area contributed by atoms with E-state index in [1.54, 1.807) is 0 Å². The van der Waals surface area contributed by atoms with Crippen molar-refractivity contribution in [2.75, 3.05) is 0 Å². The Bertz CT molecular complexity index is 562. The summed E-state index contributed by atoms with van der Waals surface area (Å²) < 4.78 is 0. The molecule has 3 rings (SSSR count). The van der Waals surface area contributed by atoms with E-state index in [0.29, 0.717) is 0 Å². The molecule has 2 aromatic rings. The number of allylic oxidation sites excluding steroid dienone is 2. The van der Waals surface area contributed by atoms with Crippen molar-refractivity contribution in [1.29, 1.82) is 0 Å². The van der Waals surface area contributed by atoms with E-state index in [1.165, 1.54) is 27.8 Å². The van der Waals surface area contributed by atoms with E-state index >= 15 is 0 Å². The third-order valence-corrected chi connectivity index (χ3v) is 3.54. The van der Waals surface area contributed by atoms with Crippen LogP contribution in [0.3, 0.4) is 0 Å². The molecule has 112 valence electrons. The largest absolute Gasteiger partial charge is 0.0683 e. The maximum atomic E-state index is 2.26. The number of rotatable bonds is 2. The van der Waals surface area contributed by atoms with Gasteiger partial charge in [0.1, 0.15) is 0 Å². The van der Waals surface area contributed by atoms with Crippen LogP contribution in [0.5, 0.6) is 0 Å². The van der Waals surface area contributed by atoms with Gasteiger partial charge in [-0.2, -0.15) is 0 Å². The smallest absolute Gasteiger partial charge is 0.00202 e. The van der Waals surface area contributed by atoms with Crippen LogP contribution in [0, 0.1) is 0 Å². The van der Waals surface area contributed by atoms with Gasteiger partial charge in [-0.1, -0.05) is 87.9 Å². The maximum absolute atomic E-state index is 2.26. The highest BCUT2D eigenvalue weighted by Crippen LogP contribution is 2.34. The molecule has 0 radical (unpaired) electrons. The van der Waals surface area contributed by atoms with Gasteiger partial charge in [-0.15, -0.1) is 0 Å². The Morgan fingerprint density at radius 1 is 0.762 bits per heavy atom. The van der Waals surface area contributed by atoms with Gasteiger partial charge in [0.15, 0.2) is 0 Å². The summed E-state index contributed by atoms with van der Waals surface area (Å²) in [6, 6.07) is 19.5. The monoisotopic (exact) mass is 280 g/mol. The fraction of sp³-hybridized carbons (Fsp3) is 0.333. The van der Waals surface area contributed by atoms with Crippen LogP contribution in [-0.2, 0) is 12.8 Å². The van der Waals surface area contributed by atoms with E-state index in [0.717, 1.165) is 12.8 Å². The summed E-state index contributed by atoms with van der Waals surface area (Å²) in [5.74, 6) is 0. The van der Waals surface area contributed by atoms with Crippen molar-refractivity contribution in [3.05, 3.63) is 76.9 Å². The topological polar surface area (TPSA) is 0 Å². The van der Waals surface area contributed by atoms with Crippen LogP contribution in [0.15, 0.2) is 60.2 Å². The molecule has 0 saturated heterocycles. The molecule has 1 aliphatic rings. The number of benzene rings is 2. The van der Waals surface area contributed by atoms with E-state index in [4.69, 9.17) is 0 Å². The first-order valence-corrected chi connectivity index (χ1v) is 8.15. The minimum atomic E-state index is 1.06. The molecule has 0 aromatic heterocycles. The summed E-state index contributed by atoms with van der Waals surface area (Å²) in [5.41, 5.74) is 7.38. The molecule has 2 aromatic carbocycles.